The fourth-order valence-electron chi connectivity index (χ4n) is 2.77. The van der Waals surface area contributed by atoms with Crippen LogP contribution in [-0.2, 0) is 6.42 Å². The first-order chi connectivity index (χ1) is 9.74. The second kappa shape index (κ2) is 5.98. The molecule has 0 saturated heterocycles. The van der Waals surface area contributed by atoms with E-state index in [0.29, 0.717) is 0 Å². The maximum atomic E-state index is 10.3. The molecule has 1 aliphatic rings. The second-order valence-corrected chi connectivity index (χ2v) is 6.14. The molecule has 0 bridgehead atoms. The Kier molecular flexibility index (Phi) is 4.08. The Labute approximate surface area is 128 Å². The van der Waals surface area contributed by atoms with Crippen molar-refractivity contribution in [3.8, 4) is 0 Å². The van der Waals surface area contributed by atoms with Crippen LogP contribution in [0.3, 0.4) is 0 Å². The number of rotatable bonds is 4. The van der Waals surface area contributed by atoms with Crippen molar-refractivity contribution >= 4 is 21.6 Å². The third-order valence-electron chi connectivity index (χ3n) is 3.91. The Morgan fingerprint density at radius 2 is 1.85 bits per heavy atom. The maximum absolute atomic E-state index is 10.3. The average molecular weight is 332 g/mol. The van der Waals surface area contributed by atoms with E-state index in [1.165, 1.54) is 11.3 Å². The smallest absolute Gasteiger partial charge is 0.0806 e. The van der Waals surface area contributed by atoms with E-state index in [2.05, 4.69) is 45.1 Å². The summed E-state index contributed by atoms with van der Waals surface area (Å²) < 4.78 is 1.04. The largest absolute Gasteiger partial charge is 0.388 e. The molecular weight excluding hydrogens is 314 g/mol. The van der Waals surface area contributed by atoms with Crippen LogP contribution in [0.2, 0.25) is 0 Å². The van der Waals surface area contributed by atoms with Crippen LogP contribution in [-0.4, -0.2) is 18.2 Å². The molecule has 1 atom stereocenters. The van der Waals surface area contributed by atoms with Crippen LogP contribution in [0.4, 0.5) is 5.69 Å². The normalized spacial score (nSPS) is 15.2. The Balaban J connectivity index is 1.62. The molecule has 2 nitrogen and oxygen atoms in total. The molecule has 2 aromatic rings. The highest BCUT2D eigenvalue weighted by atomic mass is 79.9. The first-order valence-electron chi connectivity index (χ1n) is 7.00. The Bertz CT molecular complexity index is 582. The molecule has 0 radical (unpaired) electrons. The van der Waals surface area contributed by atoms with Crippen LogP contribution < -0.4 is 4.90 Å². The fourth-order valence-corrected chi connectivity index (χ4v) is 3.03. The van der Waals surface area contributed by atoms with Crippen molar-refractivity contribution in [1.82, 2.24) is 0 Å². The number of nitrogens with zero attached hydrogens (tertiary/aromatic N) is 1. The lowest BCUT2D eigenvalue weighted by molar-refractivity contribution is 0.169. The summed E-state index contributed by atoms with van der Waals surface area (Å²) in [4.78, 5) is 2.37. The number of benzene rings is 2. The molecule has 0 fully saturated rings. The predicted octanol–water partition coefficient (Wildman–Crippen LogP) is 3.94. The van der Waals surface area contributed by atoms with Crippen LogP contribution in [0.15, 0.2) is 53.0 Å². The summed E-state index contributed by atoms with van der Waals surface area (Å²) in [7, 11) is 0. The minimum Gasteiger partial charge on any atom is -0.388 e. The minimum absolute atomic E-state index is 0.393. The van der Waals surface area contributed by atoms with Gasteiger partial charge < -0.3 is 10.0 Å². The summed E-state index contributed by atoms with van der Waals surface area (Å²) in [5.41, 5.74) is 3.74. The molecule has 0 amide bonds. The van der Waals surface area contributed by atoms with Crippen LogP contribution in [0.25, 0.3) is 0 Å². The van der Waals surface area contributed by atoms with Gasteiger partial charge in [-0.05, 0) is 42.2 Å². The first kappa shape index (κ1) is 13.7. The van der Waals surface area contributed by atoms with Gasteiger partial charge in [0.05, 0.1) is 6.10 Å². The lowest BCUT2D eigenvalue weighted by Crippen LogP contribution is -2.23. The Morgan fingerprint density at radius 1 is 1.10 bits per heavy atom. The zero-order chi connectivity index (χ0) is 13.9. The molecule has 2 aromatic carbocycles. The number of hydrogen-bond acceptors (Lipinski definition) is 2. The highest BCUT2D eigenvalue weighted by Gasteiger charge is 2.19. The van der Waals surface area contributed by atoms with Crippen molar-refractivity contribution in [2.24, 2.45) is 0 Å². The van der Waals surface area contributed by atoms with Gasteiger partial charge >= 0.3 is 0 Å². The van der Waals surface area contributed by atoms with Gasteiger partial charge in [0.25, 0.3) is 0 Å². The molecule has 1 heterocycles. The zero-order valence-electron chi connectivity index (χ0n) is 11.3. The summed E-state index contributed by atoms with van der Waals surface area (Å²) in [6.07, 6.45) is 1.48. The van der Waals surface area contributed by atoms with E-state index in [1.807, 2.05) is 24.3 Å². The van der Waals surface area contributed by atoms with Gasteiger partial charge in [0.1, 0.15) is 0 Å². The predicted molar refractivity (Wildman–Crippen MR) is 86.1 cm³/mol. The van der Waals surface area contributed by atoms with Gasteiger partial charge in [0.15, 0.2) is 0 Å². The van der Waals surface area contributed by atoms with E-state index < -0.39 is 6.10 Å². The van der Waals surface area contributed by atoms with Crippen molar-refractivity contribution in [3.63, 3.8) is 0 Å². The molecule has 1 aliphatic heterocycles. The molecule has 104 valence electrons. The highest BCUT2D eigenvalue weighted by Crippen LogP contribution is 2.28. The number of halogens is 1. The topological polar surface area (TPSA) is 23.5 Å². The number of aliphatic hydroxyl groups is 1. The number of aliphatic hydroxyl groups excluding tert-OH is 1. The molecule has 3 heteroatoms. The first-order valence-corrected chi connectivity index (χ1v) is 7.80. The van der Waals surface area contributed by atoms with E-state index in [9.17, 15) is 5.11 Å². The standard InChI is InChI=1S/C17H18BrNO/c18-15-7-5-14(6-8-15)17(20)10-12-19-11-9-13-3-1-2-4-16(13)19/h1-8,17,20H,9-12H2. The average Bonchev–Trinajstić information content (AvgIpc) is 2.89. The van der Waals surface area contributed by atoms with Crippen molar-refractivity contribution in [2.45, 2.75) is 18.9 Å². The van der Waals surface area contributed by atoms with Gasteiger partial charge in [-0.1, -0.05) is 46.3 Å². The van der Waals surface area contributed by atoms with E-state index in [1.54, 1.807) is 0 Å². The van der Waals surface area contributed by atoms with Crippen molar-refractivity contribution in [2.75, 3.05) is 18.0 Å². The summed E-state index contributed by atoms with van der Waals surface area (Å²) in [5, 5.41) is 10.3. The van der Waals surface area contributed by atoms with Crippen molar-refractivity contribution in [3.05, 3.63) is 64.1 Å². The Morgan fingerprint density at radius 3 is 2.65 bits per heavy atom. The van der Waals surface area contributed by atoms with Gasteiger partial charge in [0.2, 0.25) is 0 Å². The lowest BCUT2D eigenvalue weighted by atomic mass is 10.1. The van der Waals surface area contributed by atoms with Gasteiger partial charge in [0, 0.05) is 23.2 Å². The number of fused-ring (bicyclic) bond motifs is 1. The van der Waals surface area contributed by atoms with Crippen LogP contribution in [0.5, 0.6) is 0 Å². The summed E-state index contributed by atoms with van der Waals surface area (Å²) in [6.45, 7) is 1.96. The fraction of sp³-hybridized carbons (Fsp3) is 0.294. The second-order valence-electron chi connectivity index (χ2n) is 5.22. The zero-order valence-corrected chi connectivity index (χ0v) is 12.9. The molecule has 0 saturated carbocycles. The van der Waals surface area contributed by atoms with E-state index in [0.717, 1.165) is 36.0 Å². The van der Waals surface area contributed by atoms with Crippen molar-refractivity contribution in [1.29, 1.82) is 0 Å². The van der Waals surface area contributed by atoms with Gasteiger partial charge in [-0.2, -0.15) is 0 Å². The molecule has 1 N–H and O–H groups in total. The lowest BCUT2D eigenvalue weighted by Gasteiger charge is -2.21. The molecule has 0 aliphatic carbocycles. The molecule has 0 aromatic heterocycles. The molecule has 0 spiro atoms. The monoisotopic (exact) mass is 331 g/mol. The minimum atomic E-state index is -0.393. The molecule has 3 rings (SSSR count). The van der Waals surface area contributed by atoms with Crippen LogP contribution in [0.1, 0.15) is 23.7 Å². The van der Waals surface area contributed by atoms with Gasteiger partial charge in [-0.25, -0.2) is 0 Å². The van der Waals surface area contributed by atoms with E-state index in [-0.39, 0.29) is 0 Å². The molecule has 20 heavy (non-hydrogen) atoms. The number of para-hydroxylation sites is 1. The Hall–Kier alpha value is -1.32. The highest BCUT2D eigenvalue weighted by molar-refractivity contribution is 9.10. The van der Waals surface area contributed by atoms with Crippen LogP contribution in [0, 0.1) is 0 Å². The van der Waals surface area contributed by atoms with E-state index in [4.69, 9.17) is 0 Å². The quantitative estimate of drug-likeness (QED) is 0.917. The summed E-state index contributed by atoms with van der Waals surface area (Å²) in [6, 6.07) is 16.5. The van der Waals surface area contributed by atoms with E-state index >= 15 is 0 Å². The maximum Gasteiger partial charge on any atom is 0.0806 e. The third-order valence-corrected chi connectivity index (χ3v) is 4.44. The summed E-state index contributed by atoms with van der Waals surface area (Å²) in [5.74, 6) is 0. The van der Waals surface area contributed by atoms with Crippen molar-refractivity contribution < 1.29 is 5.11 Å². The van der Waals surface area contributed by atoms with Gasteiger partial charge in [-0.3, -0.25) is 0 Å². The van der Waals surface area contributed by atoms with Crippen LogP contribution >= 0.6 is 15.9 Å². The SMILES string of the molecule is OC(CCN1CCc2ccccc21)c1ccc(Br)cc1. The molecule has 1 unspecified atom stereocenters. The third kappa shape index (κ3) is 2.89. The van der Waals surface area contributed by atoms with Gasteiger partial charge in [-0.15, -0.1) is 0 Å². The molecular formula is C17H18BrNO. The number of anilines is 1. The number of hydrogen-bond donors (Lipinski definition) is 1. The summed E-state index contributed by atoms with van der Waals surface area (Å²) >= 11 is 3.42.